The van der Waals surface area contributed by atoms with Crippen LogP contribution in [0.5, 0.6) is 0 Å². The Hall–Kier alpha value is -2.36. The minimum atomic E-state index is 0.0375. The molecule has 1 aliphatic carbocycles. The van der Waals surface area contributed by atoms with Gasteiger partial charge in [-0.3, -0.25) is 4.79 Å². The molecule has 2 atom stereocenters. The van der Waals surface area contributed by atoms with E-state index in [0.29, 0.717) is 17.4 Å². The third-order valence-electron chi connectivity index (χ3n) is 3.76. The Morgan fingerprint density at radius 3 is 2.80 bits per heavy atom. The Morgan fingerprint density at radius 1 is 1.35 bits per heavy atom. The van der Waals surface area contributed by atoms with Gasteiger partial charge in [0.15, 0.2) is 0 Å². The second kappa shape index (κ2) is 4.96. The summed E-state index contributed by atoms with van der Waals surface area (Å²) >= 11 is 0. The zero-order valence-electron chi connectivity index (χ0n) is 11.3. The number of carbonyl (C=O) groups excluding carboxylic acids is 1. The summed E-state index contributed by atoms with van der Waals surface area (Å²) in [6.45, 7) is 1.90. The number of hydrogen-bond donors (Lipinski definition) is 2. The van der Waals surface area contributed by atoms with E-state index in [1.165, 1.54) is 5.56 Å². The van der Waals surface area contributed by atoms with Gasteiger partial charge in [0.25, 0.3) is 0 Å². The largest absolute Gasteiger partial charge is 0.397 e. The molecule has 1 aromatic heterocycles. The smallest absolute Gasteiger partial charge is 0.229 e. The Balaban J connectivity index is 1.65. The topological polar surface area (TPSA) is 68.0 Å². The standard InChI is InChI=1S/C16H17N3O/c1-10-7-15(18-9-14(10)17)19-16(20)13-8-12(13)11-5-3-2-4-6-11/h2-7,9,12-13H,8,17H2,1H3,(H,18,19,20). The van der Waals surface area contributed by atoms with Crippen molar-refractivity contribution in [2.75, 3.05) is 11.1 Å². The lowest BCUT2D eigenvalue weighted by molar-refractivity contribution is -0.117. The van der Waals surface area contributed by atoms with E-state index < -0.39 is 0 Å². The number of nitrogens with two attached hydrogens (primary N) is 1. The summed E-state index contributed by atoms with van der Waals surface area (Å²) < 4.78 is 0. The molecule has 0 radical (unpaired) electrons. The van der Waals surface area contributed by atoms with Gasteiger partial charge in [-0.05, 0) is 36.5 Å². The number of nitrogens with one attached hydrogen (secondary N) is 1. The van der Waals surface area contributed by atoms with Crippen LogP contribution in [0, 0.1) is 12.8 Å². The summed E-state index contributed by atoms with van der Waals surface area (Å²) in [7, 11) is 0. The van der Waals surface area contributed by atoms with Crippen LogP contribution in [0.4, 0.5) is 11.5 Å². The number of rotatable bonds is 3. The number of hydrogen-bond acceptors (Lipinski definition) is 3. The highest BCUT2D eigenvalue weighted by Gasteiger charge is 2.43. The van der Waals surface area contributed by atoms with Crippen molar-refractivity contribution in [3.05, 3.63) is 53.7 Å². The van der Waals surface area contributed by atoms with E-state index in [1.807, 2.05) is 25.1 Å². The third kappa shape index (κ3) is 2.50. The Kier molecular flexibility index (Phi) is 3.14. The summed E-state index contributed by atoms with van der Waals surface area (Å²) in [4.78, 5) is 16.3. The first kappa shape index (κ1) is 12.7. The van der Waals surface area contributed by atoms with Gasteiger partial charge in [-0.25, -0.2) is 4.98 Å². The fourth-order valence-corrected chi connectivity index (χ4v) is 2.41. The first-order valence-electron chi connectivity index (χ1n) is 6.73. The van der Waals surface area contributed by atoms with Crippen molar-refractivity contribution >= 4 is 17.4 Å². The molecule has 1 saturated carbocycles. The van der Waals surface area contributed by atoms with E-state index in [-0.39, 0.29) is 11.8 Å². The molecule has 1 fully saturated rings. The molecule has 4 heteroatoms. The highest BCUT2D eigenvalue weighted by Crippen LogP contribution is 2.47. The van der Waals surface area contributed by atoms with Crippen molar-refractivity contribution in [2.45, 2.75) is 19.3 Å². The first-order valence-corrected chi connectivity index (χ1v) is 6.73. The van der Waals surface area contributed by atoms with Crippen molar-refractivity contribution in [3.8, 4) is 0 Å². The number of aryl methyl sites for hydroxylation is 1. The van der Waals surface area contributed by atoms with E-state index in [4.69, 9.17) is 5.73 Å². The molecule has 0 saturated heterocycles. The van der Waals surface area contributed by atoms with Crippen LogP contribution >= 0.6 is 0 Å². The summed E-state index contributed by atoms with van der Waals surface area (Å²) in [6, 6.07) is 11.9. The molecule has 2 aromatic rings. The zero-order valence-corrected chi connectivity index (χ0v) is 11.3. The highest BCUT2D eigenvalue weighted by atomic mass is 16.2. The van der Waals surface area contributed by atoms with Gasteiger partial charge in [-0.2, -0.15) is 0 Å². The van der Waals surface area contributed by atoms with Gasteiger partial charge in [0, 0.05) is 5.92 Å². The average molecular weight is 267 g/mol. The molecular formula is C16H17N3O. The van der Waals surface area contributed by atoms with Crippen LogP contribution < -0.4 is 11.1 Å². The number of aromatic nitrogens is 1. The van der Waals surface area contributed by atoms with Gasteiger partial charge in [-0.15, -0.1) is 0 Å². The van der Waals surface area contributed by atoms with Crippen molar-refractivity contribution in [2.24, 2.45) is 5.92 Å². The lowest BCUT2D eigenvalue weighted by Gasteiger charge is -2.06. The van der Waals surface area contributed by atoms with E-state index in [9.17, 15) is 4.79 Å². The number of pyridine rings is 1. The van der Waals surface area contributed by atoms with Crippen LogP contribution in [0.1, 0.15) is 23.5 Å². The maximum absolute atomic E-state index is 12.2. The van der Waals surface area contributed by atoms with Gasteiger partial charge in [0.05, 0.1) is 11.9 Å². The number of benzene rings is 1. The SMILES string of the molecule is Cc1cc(NC(=O)C2CC2c2ccccc2)ncc1N. The van der Waals surface area contributed by atoms with Crippen LogP contribution in [-0.4, -0.2) is 10.9 Å². The summed E-state index contributed by atoms with van der Waals surface area (Å²) in [5, 5.41) is 2.87. The van der Waals surface area contributed by atoms with Crippen molar-refractivity contribution < 1.29 is 4.79 Å². The molecular weight excluding hydrogens is 250 g/mol. The molecule has 0 bridgehead atoms. The van der Waals surface area contributed by atoms with Crippen LogP contribution in [0.3, 0.4) is 0 Å². The first-order chi connectivity index (χ1) is 9.65. The van der Waals surface area contributed by atoms with Crippen LogP contribution in [0.2, 0.25) is 0 Å². The number of nitrogens with zero attached hydrogens (tertiary/aromatic N) is 1. The number of anilines is 2. The average Bonchev–Trinajstić information content (AvgIpc) is 3.24. The quantitative estimate of drug-likeness (QED) is 0.898. The minimum Gasteiger partial charge on any atom is -0.397 e. The maximum Gasteiger partial charge on any atom is 0.229 e. The lowest BCUT2D eigenvalue weighted by Crippen LogP contribution is -2.15. The Labute approximate surface area is 118 Å². The molecule has 2 unspecified atom stereocenters. The number of nitrogen functional groups attached to an aromatic ring is 1. The van der Waals surface area contributed by atoms with Crippen molar-refractivity contribution in [3.63, 3.8) is 0 Å². The normalized spacial score (nSPS) is 20.4. The maximum atomic E-state index is 12.2. The van der Waals surface area contributed by atoms with E-state index >= 15 is 0 Å². The van der Waals surface area contributed by atoms with Gasteiger partial charge in [-0.1, -0.05) is 30.3 Å². The van der Waals surface area contributed by atoms with E-state index in [0.717, 1.165) is 12.0 Å². The molecule has 0 spiro atoms. The fraction of sp³-hybridized carbons (Fsp3) is 0.250. The predicted molar refractivity (Wildman–Crippen MR) is 79.3 cm³/mol. The van der Waals surface area contributed by atoms with E-state index in [2.05, 4.69) is 22.4 Å². The van der Waals surface area contributed by atoms with Crippen molar-refractivity contribution in [1.82, 2.24) is 4.98 Å². The molecule has 0 aliphatic heterocycles. The van der Waals surface area contributed by atoms with Crippen LogP contribution in [0.25, 0.3) is 0 Å². The number of carbonyl (C=O) groups is 1. The molecule has 102 valence electrons. The number of amides is 1. The molecule has 1 aliphatic rings. The summed E-state index contributed by atoms with van der Waals surface area (Å²) in [5.41, 5.74) is 8.50. The van der Waals surface area contributed by atoms with Crippen molar-refractivity contribution in [1.29, 1.82) is 0 Å². The molecule has 1 amide bonds. The third-order valence-corrected chi connectivity index (χ3v) is 3.76. The van der Waals surface area contributed by atoms with E-state index in [1.54, 1.807) is 12.3 Å². The second-order valence-electron chi connectivity index (χ2n) is 5.27. The van der Waals surface area contributed by atoms with Gasteiger partial charge in [0.1, 0.15) is 5.82 Å². The highest BCUT2D eigenvalue weighted by molar-refractivity contribution is 5.94. The monoisotopic (exact) mass is 267 g/mol. The fourth-order valence-electron chi connectivity index (χ4n) is 2.41. The summed E-state index contributed by atoms with van der Waals surface area (Å²) in [5.74, 6) is 0.999. The predicted octanol–water partition coefficient (Wildman–Crippen LogP) is 2.71. The molecule has 20 heavy (non-hydrogen) atoms. The van der Waals surface area contributed by atoms with Gasteiger partial charge in [0.2, 0.25) is 5.91 Å². The van der Waals surface area contributed by atoms with Crippen LogP contribution in [-0.2, 0) is 4.79 Å². The Morgan fingerprint density at radius 2 is 2.10 bits per heavy atom. The molecule has 3 N–H and O–H groups in total. The minimum absolute atomic E-state index is 0.0375. The van der Waals surface area contributed by atoms with Gasteiger partial charge < -0.3 is 11.1 Å². The lowest BCUT2D eigenvalue weighted by atomic mass is 10.1. The molecule has 1 aromatic carbocycles. The second-order valence-corrected chi connectivity index (χ2v) is 5.27. The summed E-state index contributed by atoms with van der Waals surface area (Å²) in [6.07, 6.45) is 2.48. The molecule has 4 nitrogen and oxygen atoms in total. The Bertz CT molecular complexity index is 639. The molecule has 3 rings (SSSR count). The molecule has 1 heterocycles. The van der Waals surface area contributed by atoms with Gasteiger partial charge >= 0.3 is 0 Å². The zero-order chi connectivity index (χ0) is 14.1. The van der Waals surface area contributed by atoms with Crippen LogP contribution in [0.15, 0.2) is 42.6 Å².